The Kier molecular flexibility index (Phi) is 5.23. The molecule has 0 aromatic heterocycles. The highest BCUT2D eigenvalue weighted by Crippen LogP contribution is 2.27. The average molecular weight is 268 g/mol. The van der Waals surface area contributed by atoms with E-state index in [-0.39, 0.29) is 0 Å². The van der Waals surface area contributed by atoms with Gasteiger partial charge in [-0.3, -0.25) is 0 Å². The molecule has 0 nitrogen and oxygen atoms in total. The highest BCUT2D eigenvalue weighted by molar-refractivity contribution is 5.88. The van der Waals surface area contributed by atoms with Gasteiger partial charge in [-0.2, -0.15) is 0 Å². The largest absolute Gasteiger partial charge is 0.0651 e. The topological polar surface area (TPSA) is 0 Å². The summed E-state index contributed by atoms with van der Waals surface area (Å²) in [6.45, 7) is 9.26. The Morgan fingerprint density at radius 2 is 1.10 bits per heavy atom. The van der Waals surface area contributed by atoms with Gasteiger partial charge >= 0.3 is 0 Å². The van der Waals surface area contributed by atoms with Crippen LogP contribution >= 0.6 is 0 Å². The fourth-order valence-corrected chi connectivity index (χ4v) is 2.82. The van der Waals surface area contributed by atoms with Crippen LogP contribution in [0.4, 0.5) is 0 Å². The molecule has 0 N–H and O–H groups in total. The zero-order chi connectivity index (χ0) is 14.5. The van der Waals surface area contributed by atoms with E-state index in [0.29, 0.717) is 0 Å². The molecule has 0 aliphatic rings. The van der Waals surface area contributed by atoms with E-state index in [1.165, 1.54) is 47.6 Å². The van der Waals surface area contributed by atoms with Crippen LogP contribution in [0.5, 0.6) is 0 Å². The number of hydrogen-bond donors (Lipinski definition) is 0. The summed E-state index contributed by atoms with van der Waals surface area (Å²) in [5, 5.41) is 2.93. The summed E-state index contributed by atoms with van der Waals surface area (Å²) in [7, 11) is 0. The van der Waals surface area contributed by atoms with E-state index < -0.39 is 0 Å². The van der Waals surface area contributed by atoms with E-state index in [1.807, 2.05) is 0 Å². The van der Waals surface area contributed by atoms with E-state index in [9.17, 15) is 0 Å². The summed E-state index contributed by atoms with van der Waals surface area (Å²) in [4.78, 5) is 0. The Balaban J connectivity index is 2.41. The maximum atomic E-state index is 2.37. The Bertz CT molecular complexity index is 502. The van der Waals surface area contributed by atoms with Crippen LogP contribution in [-0.4, -0.2) is 0 Å². The smallest absolute Gasteiger partial charge is 0.0149 e. The van der Waals surface area contributed by atoms with Crippen molar-refractivity contribution in [3.63, 3.8) is 0 Å². The summed E-state index contributed by atoms with van der Waals surface area (Å²) in [6.07, 6.45) is 4.90. The fourth-order valence-electron chi connectivity index (χ4n) is 2.82. The van der Waals surface area contributed by atoms with Gasteiger partial charge < -0.3 is 0 Å². The third-order valence-corrected chi connectivity index (χ3v) is 4.64. The summed E-state index contributed by atoms with van der Waals surface area (Å²) in [6, 6.07) is 13.7. The van der Waals surface area contributed by atoms with Gasteiger partial charge in [0.1, 0.15) is 0 Å². The normalized spacial score (nSPS) is 14.4. The van der Waals surface area contributed by atoms with Crippen molar-refractivity contribution in [1.82, 2.24) is 0 Å². The molecule has 0 saturated carbocycles. The quantitative estimate of drug-likeness (QED) is 0.601. The van der Waals surface area contributed by atoms with E-state index in [4.69, 9.17) is 0 Å². The van der Waals surface area contributed by atoms with Crippen LogP contribution < -0.4 is 0 Å². The zero-order valence-electron chi connectivity index (χ0n) is 13.4. The predicted molar refractivity (Wildman–Crippen MR) is 90.3 cm³/mol. The van der Waals surface area contributed by atoms with Crippen molar-refractivity contribution < 1.29 is 0 Å². The van der Waals surface area contributed by atoms with Crippen molar-refractivity contribution in [2.75, 3.05) is 0 Å². The van der Waals surface area contributed by atoms with Gasteiger partial charge in [-0.1, -0.05) is 76.9 Å². The second-order valence-electron chi connectivity index (χ2n) is 6.36. The van der Waals surface area contributed by atoms with Gasteiger partial charge in [0.2, 0.25) is 0 Å². The van der Waals surface area contributed by atoms with Gasteiger partial charge in [0.25, 0.3) is 0 Å². The lowest BCUT2D eigenvalue weighted by Crippen LogP contribution is -2.02. The molecule has 0 saturated heterocycles. The highest BCUT2D eigenvalue weighted by atomic mass is 14.1. The minimum absolute atomic E-state index is 0.763. The third-order valence-electron chi connectivity index (χ3n) is 4.64. The second-order valence-corrected chi connectivity index (χ2v) is 6.36. The van der Waals surface area contributed by atoms with Crippen molar-refractivity contribution in [3.05, 3.63) is 47.5 Å². The van der Waals surface area contributed by atoms with Gasteiger partial charge in [0, 0.05) is 0 Å². The van der Waals surface area contributed by atoms with Crippen LogP contribution in [-0.2, 0) is 12.8 Å². The molecule has 0 spiro atoms. The molecule has 0 radical (unpaired) electrons. The molecule has 2 rings (SSSR count). The molecule has 0 fully saturated rings. The molecule has 108 valence electrons. The Labute approximate surface area is 124 Å². The van der Waals surface area contributed by atoms with Crippen LogP contribution in [0.15, 0.2) is 36.4 Å². The molecule has 2 aromatic rings. The molecule has 2 unspecified atom stereocenters. The number of rotatable bonds is 6. The number of hydrogen-bond acceptors (Lipinski definition) is 0. The Morgan fingerprint density at radius 1 is 0.700 bits per heavy atom. The summed E-state index contributed by atoms with van der Waals surface area (Å²) >= 11 is 0. The molecule has 20 heavy (non-hydrogen) atoms. The van der Waals surface area contributed by atoms with Crippen molar-refractivity contribution >= 4 is 10.8 Å². The van der Waals surface area contributed by atoms with Gasteiger partial charge in [0.05, 0.1) is 0 Å². The van der Waals surface area contributed by atoms with Crippen molar-refractivity contribution in [2.45, 2.75) is 53.4 Å². The molecule has 0 bridgehead atoms. The predicted octanol–water partition coefficient (Wildman–Crippen LogP) is 6.02. The monoisotopic (exact) mass is 268 g/mol. The summed E-state index contributed by atoms with van der Waals surface area (Å²) in [5.74, 6) is 1.53. The summed E-state index contributed by atoms with van der Waals surface area (Å²) < 4.78 is 0. The third kappa shape index (κ3) is 3.42. The zero-order valence-corrected chi connectivity index (χ0v) is 13.4. The minimum Gasteiger partial charge on any atom is -0.0651 e. The van der Waals surface area contributed by atoms with E-state index in [2.05, 4.69) is 64.1 Å². The minimum atomic E-state index is 0.763. The first-order valence-electron chi connectivity index (χ1n) is 8.15. The lowest BCUT2D eigenvalue weighted by Gasteiger charge is -2.16. The standard InChI is InChI=1S/C20H28/c1-5-15(3)13-17-11-12-18(14-16(4)6-2)20-10-8-7-9-19(17)20/h7-12,15-16H,5-6,13-14H2,1-4H3. The second kappa shape index (κ2) is 6.92. The van der Waals surface area contributed by atoms with Crippen LogP contribution in [0.25, 0.3) is 10.8 Å². The molecular formula is C20H28. The van der Waals surface area contributed by atoms with Crippen LogP contribution in [0.1, 0.15) is 51.7 Å². The first-order valence-corrected chi connectivity index (χ1v) is 8.15. The van der Waals surface area contributed by atoms with Gasteiger partial charge in [-0.25, -0.2) is 0 Å². The lowest BCUT2D eigenvalue weighted by atomic mass is 9.89. The Morgan fingerprint density at radius 3 is 1.45 bits per heavy atom. The molecule has 0 aliphatic carbocycles. The fraction of sp³-hybridized carbons (Fsp3) is 0.500. The molecule has 0 heteroatoms. The van der Waals surface area contributed by atoms with Crippen LogP contribution in [0, 0.1) is 11.8 Å². The Hall–Kier alpha value is -1.30. The maximum absolute atomic E-state index is 2.37. The number of benzene rings is 2. The lowest BCUT2D eigenvalue weighted by molar-refractivity contribution is 0.558. The molecule has 0 heterocycles. The van der Waals surface area contributed by atoms with E-state index >= 15 is 0 Å². The maximum Gasteiger partial charge on any atom is -0.0149 e. The molecule has 2 atom stereocenters. The molecule has 0 amide bonds. The highest BCUT2D eigenvalue weighted by Gasteiger charge is 2.10. The SMILES string of the molecule is CCC(C)Cc1ccc(CC(C)CC)c2ccccc12. The summed E-state index contributed by atoms with van der Waals surface area (Å²) in [5.41, 5.74) is 3.03. The van der Waals surface area contributed by atoms with Gasteiger partial charge in [-0.15, -0.1) is 0 Å². The molecule has 2 aromatic carbocycles. The van der Waals surface area contributed by atoms with Crippen LogP contribution in [0.2, 0.25) is 0 Å². The first kappa shape index (κ1) is 15.1. The van der Waals surface area contributed by atoms with E-state index in [1.54, 1.807) is 0 Å². The van der Waals surface area contributed by atoms with Crippen LogP contribution in [0.3, 0.4) is 0 Å². The van der Waals surface area contributed by atoms with Crippen molar-refractivity contribution in [2.24, 2.45) is 11.8 Å². The van der Waals surface area contributed by atoms with Gasteiger partial charge in [-0.05, 0) is 46.6 Å². The molecule has 0 aliphatic heterocycles. The van der Waals surface area contributed by atoms with Crippen molar-refractivity contribution in [1.29, 1.82) is 0 Å². The van der Waals surface area contributed by atoms with Gasteiger partial charge in [0.15, 0.2) is 0 Å². The average Bonchev–Trinajstić information content (AvgIpc) is 2.49. The number of fused-ring (bicyclic) bond motifs is 1. The first-order chi connectivity index (χ1) is 9.65. The molecular weight excluding hydrogens is 240 g/mol. The van der Waals surface area contributed by atoms with Crippen molar-refractivity contribution in [3.8, 4) is 0 Å². The van der Waals surface area contributed by atoms with E-state index in [0.717, 1.165) is 11.8 Å².